The number of nitrogens with zero attached hydrogens (tertiary/aromatic N) is 1. The van der Waals surface area contributed by atoms with Crippen molar-refractivity contribution < 1.29 is 22.7 Å². The minimum absolute atomic E-state index is 0.0247. The van der Waals surface area contributed by atoms with Crippen LogP contribution in [0, 0.1) is 0 Å². The average molecular weight is 335 g/mol. The Labute approximate surface area is 126 Å². The number of sulfonamides is 1. The highest BCUT2D eigenvalue weighted by Crippen LogP contribution is 2.24. The Hall–Kier alpha value is -1.52. The molecule has 0 radical (unpaired) electrons. The summed E-state index contributed by atoms with van der Waals surface area (Å²) in [6.07, 6.45) is 0.294. The van der Waals surface area contributed by atoms with Gasteiger partial charge in [-0.2, -0.15) is 0 Å². The van der Waals surface area contributed by atoms with Crippen LogP contribution in [0.2, 0.25) is 0 Å². The highest BCUT2D eigenvalue weighted by atomic mass is 32.2. The van der Waals surface area contributed by atoms with E-state index in [9.17, 15) is 18.0 Å². The van der Waals surface area contributed by atoms with E-state index >= 15 is 0 Å². The second kappa shape index (κ2) is 7.48. The molecule has 0 amide bonds. The van der Waals surface area contributed by atoms with Gasteiger partial charge in [-0.1, -0.05) is 11.3 Å². The van der Waals surface area contributed by atoms with Gasteiger partial charge in [-0.15, -0.1) is 0 Å². The van der Waals surface area contributed by atoms with Gasteiger partial charge in [-0.3, -0.25) is 4.79 Å². The minimum atomic E-state index is -3.50. The van der Waals surface area contributed by atoms with Gasteiger partial charge in [-0.05, 0) is 13.3 Å². The largest absolute Gasteiger partial charge is 0.461 e. The number of hydrogen-bond acceptors (Lipinski definition) is 8. The molecule has 1 rings (SSSR count). The Kier molecular flexibility index (Phi) is 6.24. The molecule has 0 aliphatic heterocycles. The van der Waals surface area contributed by atoms with Crippen LogP contribution in [0.15, 0.2) is 0 Å². The summed E-state index contributed by atoms with van der Waals surface area (Å²) in [5.74, 6) is -1.10. The first-order valence-corrected chi connectivity index (χ1v) is 8.71. The van der Waals surface area contributed by atoms with Crippen LogP contribution in [-0.4, -0.2) is 44.1 Å². The maximum Gasteiger partial charge on any atom is 0.358 e. The molecule has 0 unspecified atom stereocenters. The number of primary sulfonamides is 1. The number of nitrogens with two attached hydrogens (primary N) is 1. The van der Waals surface area contributed by atoms with Crippen molar-refractivity contribution in [3.63, 3.8) is 0 Å². The van der Waals surface area contributed by atoms with Gasteiger partial charge in [0, 0.05) is 13.5 Å². The van der Waals surface area contributed by atoms with Crippen molar-refractivity contribution in [2.24, 2.45) is 5.14 Å². The molecule has 0 fully saturated rings. The number of ether oxygens (including phenoxy) is 1. The molecule has 0 saturated heterocycles. The number of thiazole rings is 1. The van der Waals surface area contributed by atoms with E-state index in [4.69, 9.17) is 9.88 Å². The molecule has 1 heterocycles. The molecule has 0 aliphatic rings. The number of esters is 1. The lowest BCUT2D eigenvalue weighted by Crippen LogP contribution is -2.18. The van der Waals surface area contributed by atoms with Gasteiger partial charge in [0.1, 0.15) is 4.88 Å². The van der Waals surface area contributed by atoms with Crippen LogP contribution in [0.25, 0.3) is 0 Å². The lowest BCUT2D eigenvalue weighted by Gasteiger charge is -2.01. The standard InChI is InChI=1S/C11H17N3O5S2/c1-3-19-10(16)8-9(7(2)15)20-11(14-8)13-5-4-6-21(12,17)18/h3-6H2,1-2H3,(H,13,14)(H2,12,17,18). The van der Waals surface area contributed by atoms with Gasteiger partial charge in [0.15, 0.2) is 16.6 Å². The maximum absolute atomic E-state index is 11.7. The second-order valence-electron chi connectivity index (χ2n) is 4.12. The molecule has 21 heavy (non-hydrogen) atoms. The van der Waals surface area contributed by atoms with E-state index in [-0.39, 0.29) is 28.7 Å². The third-order valence-corrected chi connectivity index (χ3v) is 4.27. The Bertz CT molecular complexity index is 624. The zero-order valence-electron chi connectivity index (χ0n) is 11.7. The number of nitrogens with one attached hydrogen (secondary N) is 1. The molecule has 1 aromatic heterocycles. The molecule has 0 saturated carbocycles. The summed E-state index contributed by atoms with van der Waals surface area (Å²) >= 11 is 1.03. The topological polar surface area (TPSA) is 128 Å². The molecular formula is C11H17N3O5S2. The number of anilines is 1. The molecular weight excluding hydrogens is 318 g/mol. The molecule has 0 aromatic carbocycles. The zero-order valence-corrected chi connectivity index (χ0v) is 13.3. The maximum atomic E-state index is 11.7. The lowest BCUT2D eigenvalue weighted by molar-refractivity contribution is 0.0517. The van der Waals surface area contributed by atoms with Crippen LogP contribution < -0.4 is 10.5 Å². The number of aromatic nitrogens is 1. The molecule has 1 aromatic rings. The molecule has 3 N–H and O–H groups in total. The van der Waals surface area contributed by atoms with Crippen LogP contribution in [0.5, 0.6) is 0 Å². The normalized spacial score (nSPS) is 11.2. The fourth-order valence-electron chi connectivity index (χ4n) is 1.44. The summed E-state index contributed by atoms with van der Waals surface area (Å²) in [4.78, 5) is 27.4. The average Bonchev–Trinajstić information content (AvgIpc) is 2.78. The Morgan fingerprint density at radius 1 is 1.43 bits per heavy atom. The van der Waals surface area contributed by atoms with Crippen molar-refractivity contribution in [3.8, 4) is 0 Å². The first-order valence-electron chi connectivity index (χ1n) is 6.17. The smallest absolute Gasteiger partial charge is 0.358 e. The highest BCUT2D eigenvalue weighted by molar-refractivity contribution is 7.89. The van der Waals surface area contributed by atoms with E-state index in [1.807, 2.05) is 0 Å². The van der Waals surface area contributed by atoms with E-state index < -0.39 is 16.0 Å². The summed E-state index contributed by atoms with van der Waals surface area (Å²) < 4.78 is 26.4. The van der Waals surface area contributed by atoms with Crippen LogP contribution in [0.3, 0.4) is 0 Å². The number of carbonyl (C=O) groups excluding carboxylic acids is 2. The van der Waals surface area contributed by atoms with E-state index in [0.717, 1.165) is 11.3 Å². The van der Waals surface area contributed by atoms with Gasteiger partial charge in [-0.25, -0.2) is 23.3 Å². The molecule has 8 nitrogen and oxygen atoms in total. The Balaban J connectivity index is 2.74. The number of hydrogen-bond donors (Lipinski definition) is 2. The van der Waals surface area contributed by atoms with Crippen LogP contribution >= 0.6 is 11.3 Å². The number of rotatable bonds is 8. The van der Waals surface area contributed by atoms with E-state index in [0.29, 0.717) is 18.1 Å². The zero-order chi connectivity index (χ0) is 16.0. The summed E-state index contributed by atoms with van der Waals surface area (Å²) in [5.41, 5.74) is -0.0247. The van der Waals surface area contributed by atoms with Gasteiger partial charge < -0.3 is 10.1 Å². The summed E-state index contributed by atoms with van der Waals surface area (Å²) in [7, 11) is -3.50. The van der Waals surface area contributed by atoms with Crippen molar-refractivity contribution >= 4 is 38.2 Å². The monoisotopic (exact) mass is 335 g/mol. The van der Waals surface area contributed by atoms with Gasteiger partial charge in [0.05, 0.1) is 12.4 Å². The van der Waals surface area contributed by atoms with E-state index in [2.05, 4.69) is 10.3 Å². The predicted octanol–water partition coefficient (Wildman–Crippen LogP) is 0.613. The van der Waals surface area contributed by atoms with Crippen molar-refractivity contribution in [2.45, 2.75) is 20.3 Å². The first kappa shape index (κ1) is 17.5. The SMILES string of the molecule is CCOC(=O)c1nc(NCCCS(N)(=O)=O)sc1C(C)=O. The lowest BCUT2D eigenvalue weighted by atomic mass is 10.3. The van der Waals surface area contributed by atoms with Crippen molar-refractivity contribution in [1.29, 1.82) is 0 Å². The predicted molar refractivity (Wildman–Crippen MR) is 79.2 cm³/mol. The fourth-order valence-corrected chi connectivity index (χ4v) is 2.86. The highest BCUT2D eigenvalue weighted by Gasteiger charge is 2.22. The minimum Gasteiger partial charge on any atom is -0.461 e. The van der Waals surface area contributed by atoms with Crippen molar-refractivity contribution in [2.75, 3.05) is 24.2 Å². The summed E-state index contributed by atoms with van der Waals surface area (Å²) in [6, 6.07) is 0. The van der Waals surface area contributed by atoms with E-state index in [1.165, 1.54) is 6.92 Å². The molecule has 0 bridgehead atoms. The number of Topliss-reactive ketones (excluding diaryl/α,β-unsaturated/α-hetero) is 1. The quantitative estimate of drug-likeness (QED) is 0.404. The van der Waals surface area contributed by atoms with Crippen molar-refractivity contribution in [1.82, 2.24) is 4.98 Å². The van der Waals surface area contributed by atoms with Crippen LogP contribution in [-0.2, 0) is 14.8 Å². The number of carbonyl (C=O) groups is 2. The molecule has 0 spiro atoms. The third-order valence-electron chi connectivity index (χ3n) is 2.30. The molecule has 0 atom stereocenters. The molecule has 0 aliphatic carbocycles. The third kappa shape index (κ3) is 5.78. The molecule has 10 heteroatoms. The Morgan fingerprint density at radius 3 is 2.62 bits per heavy atom. The van der Waals surface area contributed by atoms with Gasteiger partial charge in [0.2, 0.25) is 10.0 Å². The van der Waals surface area contributed by atoms with E-state index in [1.54, 1.807) is 6.92 Å². The second-order valence-corrected chi connectivity index (χ2v) is 6.85. The van der Waals surface area contributed by atoms with Crippen LogP contribution in [0.1, 0.15) is 40.4 Å². The molecule has 118 valence electrons. The Morgan fingerprint density at radius 2 is 2.10 bits per heavy atom. The van der Waals surface area contributed by atoms with Gasteiger partial charge >= 0.3 is 5.97 Å². The van der Waals surface area contributed by atoms with Gasteiger partial charge in [0.25, 0.3) is 0 Å². The van der Waals surface area contributed by atoms with Crippen LogP contribution in [0.4, 0.5) is 5.13 Å². The summed E-state index contributed by atoms with van der Waals surface area (Å²) in [6.45, 7) is 3.49. The first-order chi connectivity index (χ1) is 9.74. The summed E-state index contributed by atoms with van der Waals surface area (Å²) in [5, 5.41) is 8.10. The van der Waals surface area contributed by atoms with Crippen molar-refractivity contribution in [3.05, 3.63) is 10.6 Å². The fraction of sp³-hybridized carbons (Fsp3) is 0.545. The number of ketones is 1.